The molecule has 0 aromatic carbocycles. The number of nitrogens with one attached hydrogen (secondary N) is 1. The lowest BCUT2D eigenvalue weighted by molar-refractivity contribution is 0.190. The van der Waals surface area contributed by atoms with E-state index in [2.05, 4.69) is 9.69 Å². The van der Waals surface area contributed by atoms with E-state index >= 15 is 0 Å². The fraction of sp³-hybridized carbons (Fsp3) is 0.500. The minimum absolute atomic E-state index is 0.228. The van der Waals surface area contributed by atoms with E-state index in [1.165, 1.54) is 16.4 Å². The van der Waals surface area contributed by atoms with Crippen molar-refractivity contribution in [1.29, 1.82) is 0 Å². The van der Waals surface area contributed by atoms with Crippen LogP contribution in [0.4, 0.5) is 4.79 Å². The van der Waals surface area contributed by atoms with Gasteiger partial charge in [-0.05, 0) is 30.9 Å². The van der Waals surface area contributed by atoms with E-state index in [-0.39, 0.29) is 6.04 Å². The second-order valence-corrected chi connectivity index (χ2v) is 3.63. The second kappa shape index (κ2) is 4.23. The largest absolute Gasteiger partial charge is 0.465 e. The van der Waals surface area contributed by atoms with E-state index in [4.69, 9.17) is 5.11 Å². The Morgan fingerprint density at radius 1 is 1.85 bits per heavy atom. The van der Waals surface area contributed by atoms with Crippen LogP contribution in [-0.4, -0.2) is 15.6 Å². The van der Waals surface area contributed by atoms with E-state index < -0.39 is 6.09 Å². The molecule has 4 nitrogen and oxygen atoms in total. The minimum atomic E-state index is -1.02. The molecular formula is C8H12N2O2S. The number of amides is 1. The first kappa shape index (κ1) is 9.98. The third kappa shape index (κ3) is 2.69. The van der Waals surface area contributed by atoms with Crippen molar-refractivity contribution in [3.8, 4) is 0 Å². The zero-order chi connectivity index (χ0) is 9.84. The van der Waals surface area contributed by atoms with Crippen molar-refractivity contribution in [3.05, 3.63) is 16.6 Å². The standard InChI is InChI=1S/C8H12N2O2S/c1-3-6-4-7(10-13-6)5(2)9-8(11)12/h4-5,9H,3H2,1-2H3,(H,11,12). The Morgan fingerprint density at radius 3 is 3.00 bits per heavy atom. The van der Waals surface area contributed by atoms with Gasteiger partial charge >= 0.3 is 6.09 Å². The number of aromatic nitrogens is 1. The van der Waals surface area contributed by atoms with Crippen LogP contribution in [0.1, 0.15) is 30.5 Å². The normalized spacial score (nSPS) is 12.5. The molecule has 0 spiro atoms. The van der Waals surface area contributed by atoms with Crippen molar-refractivity contribution in [2.45, 2.75) is 26.3 Å². The smallest absolute Gasteiger partial charge is 0.405 e. The molecule has 1 rings (SSSR count). The van der Waals surface area contributed by atoms with Crippen LogP contribution in [0, 0.1) is 0 Å². The lowest BCUT2D eigenvalue weighted by atomic mass is 10.2. The summed E-state index contributed by atoms with van der Waals surface area (Å²) in [7, 11) is 0. The van der Waals surface area contributed by atoms with Crippen LogP contribution >= 0.6 is 11.5 Å². The molecule has 0 saturated heterocycles. The number of aryl methyl sites for hydroxylation is 1. The molecule has 0 radical (unpaired) electrons. The van der Waals surface area contributed by atoms with Gasteiger partial charge in [0.15, 0.2) is 0 Å². The van der Waals surface area contributed by atoms with E-state index in [0.29, 0.717) is 0 Å². The highest BCUT2D eigenvalue weighted by atomic mass is 32.1. The van der Waals surface area contributed by atoms with Crippen molar-refractivity contribution in [3.63, 3.8) is 0 Å². The van der Waals surface area contributed by atoms with Crippen LogP contribution in [-0.2, 0) is 6.42 Å². The zero-order valence-corrected chi connectivity index (χ0v) is 8.39. The number of nitrogens with zero attached hydrogens (tertiary/aromatic N) is 1. The first-order valence-corrected chi connectivity index (χ1v) is 4.85. The van der Waals surface area contributed by atoms with Crippen molar-refractivity contribution in [2.24, 2.45) is 0 Å². The average Bonchev–Trinajstić information content (AvgIpc) is 2.50. The molecule has 1 atom stereocenters. The highest BCUT2D eigenvalue weighted by Crippen LogP contribution is 2.16. The van der Waals surface area contributed by atoms with E-state index in [1.54, 1.807) is 6.92 Å². The van der Waals surface area contributed by atoms with Crippen molar-refractivity contribution in [1.82, 2.24) is 9.69 Å². The molecule has 1 amide bonds. The molecule has 1 aromatic rings. The summed E-state index contributed by atoms with van der Waals surface area (Å²) in [6.45, 7) is 3.83. The maximum atomic E-state index is 10.3. The summed E-state index contributed by atoms with van der Waals surface area (Å²) in [4.78, 5) is 11.5. The van der Waals surface area contributed by atoms with Crippen LogP contribution in [0.2, 0.25) is 0 Å². The lowest BCUT2D eigenvalue weighted by Gasteiger charge is -2.06. The van der Waals surface area contributed by atoms with Gasteiger partial charge in [-0.25, -0.2) is 4.79 Å². The van der Waals surface area contributed by atoms with Crippen molar-refractivity contribution >= 4 is 17.6 Å². The van der Waals surface area contributed by atoms with Gasteiger partial charge in [0.2, 0.25) is 0 Å². The van der Waals surface area contributed by atoms with Crippen LogP contribution < -0.4 is 5.32 Å². The van der Waals surface area contributed by atoms with Crippen molar-refractivity contribution < 1.29 is 9.90 Å². The zero-order valence-electron chi connectivity index (χ0n) is 7.57. The third-order valence-corrected chi connectivity index (χ3v) is 2.65. The van der Waals surface area contributed by atoms with Gasteiger partial charge in [-0.15, -0.1) is 0 Å². The van der Waals surface area contributed by atoms with Gasteiger partial charge in [0.1, 0.15) is 0 Å². The molecule has 13 heavy (non-hydrogen) atoms. The predicted molar refractivity (Wildman–Crippen MR) is 51.1 cm³/mol. The molecule has 2 N–H and O–H groups in total. The quantitative estimate of drug-likeness (QED) is 0.784. The molecule has 0 saturated carbocycles. The van der Waals surface area contributed by atoms with Crippen LogP contribution in [0.25, 0.3) is 0 Å². The van der Waals surface area contributed by atoms with Gasteiger partial charge in [-0.3, -0.25) is 0 Å². The lowest BCUT2D eigenvalue weighted by Crippen LogP contribution is -2.24. The molecular weight excluding hydrogens is 188 g/mol. The molecule has 0 aliphatic heterocycles. The number of hydrogen-bond acceptors (Lipinski definition) is 3. The molecule has 1 unspecified atom stereocenters. The van der Waals surface area contributed by atoms with Crippen LogP contribution in [0.15, 0.2) is 6.07 Å². The maximum absolute atomic E-state index is 10.3. The van der Waals surface area contributed by atoms with Gasteiger partial charge in [-0.1, -0.05) is 6.92 Å². The highest BCUT2D eigenvalue weighted by molar-refractivity contribution is 7.05. The summed E-state index contributed by atoms with van der Waals surface area (Å²) in [5.41, 5.74) is 0.796. The van der Waals surface area contributed by atoms with Gasteiger partial charge in [0.25, 0.3) is 0 Å². The van der Waals surface area contributed by atoms with E-state index in [9.17, 15) is 4.79 Å². The first-order chi connectivity index (χ1) is 6.13. The molecule has 0 bridgehead atoms. The molecule has 0 aliphatic carbocycles. The van der Waals surface area contributed by atoms with Gasteiger partial charge < -0.3 is 10.4 Å². The van der Waals surface area contributed by atoms with Crippen LogP contribution in [0.3, 0.4) is 0 Å². The monoisotopic (exact) mass is 200 g/mol. The number of carboxylic acid groups (broad SMARTS) is 1. The summed E-state index contributed by atoms with van der Waals surface area (Å²) in [5, 5.41) is 10.8. The third-order valence-electron chi connectivity index (χ3n) is 1.71. The molecule has 0 aliphatic rings. The van der Waals surface area contributed by atoms with E-state index in [1.807, 2.05) is 13.0 Å². The summed E-state index contributed by atoms with van der Waals surface area (Å²) in [6.07, 6.45) is -0.0733. The number of carbonyl (C=O) groups is 1. The van der Waals surface area contributed by atoms with Gasteiger partial charge in [0.05, 0.1) is 11.7 Å². The SMILES string of the molecule is CCc1cc(C(C)NC(=O)O)ns1. The Morgan fingerprint density at radius 2 is 2.54 bits per heavy atom. The Balaban J connectivity index is 2.65. The number of rotatable bonds is 3. The van der Waals surface area contributed by atoms with Gasteiger partial charge in [-0.2, -0.15) is 4.37 Å². The summed E-state index contributed by atoms with van der Waals surface area (Å²) < 4.78 is 4.16. The summed E-state index contributed by atoms with van der Waals surface area (Å²) >= 11 is 1.42. The topological polar surface area (TPSA) is 62.2 Å². The van der Waals surface area contributed by atoms with Crippen LogP contribution in [0.5, 0.6) is 0 Å². The Bertz CT molecular complexity index is 298. The predicted octanol–water partition coefficient (Wildman–Crippen LogP) is 2.03. The van der Waals surface area contributed by atoms with Crippen molar-refractivity contribution in [2.75, 3.05) is 0 Å². The first-order valence-electron chi connectivity index (χ1n) is 4.08. The Labute approximate surface area is 80.8 Å². The Kier molecular flexibility index (Phi) is 3.25. The van der Waals surface area contributed by atoms with E-state index in [0.717, 1.165) is 12.1 Å². The summed E-state index contributed by atoms with van der Waals surface area (Å²) in [5.74, 6) is 0. The number of hydrogen-bond donors (Lipinski definition) is 2. The molecule has 1 heterocycles. The fourth-order valence-corrected chi connectivity index (χ4v) is 1.69. The molecule has 0 fully saturated rings. The molecule has 5 heteroatoms. The van der Waals surface area contributed by atoms with Gasteiger partial charge in [0, 0.05) is 4.88 Å². The highest BCUT2D eigenvalue weighted by Gasteiger charge is 2.11. The Hall–Kier alpha value is -1.10. The minimum Gasteiger partial charge on any atom is -0.465 e. The fourth-order valence-electron chi connectivity index (χ4n) is 0.959. The molecule has 1 aromatic heterocycles. The second-order valence-electron chi connectivity index (χ2n) is 2.74. The summed E-state index contributed by atoms with van der Waals surface area (Å²) in [6, 6.07) is 1.71. The molecule has 72 valence electrons. The average molecular weight is 200 g/mol. The maximum Gasteiger partial charge on any atom is 0.405 e.